The number of carbonyl (C=O) groups excluding carboxylic acids is 1. The normalized spacial score (nSPS) is 12.1. The van der Waals surface area contributed by atoms with Crippen LogP contribution >= 0.6 is 0 Å². The fourth-order valence-electron chi connectivity index (χ4n) is 1.60. The summed E-state index contributed by atoms with van der Waals surface area (Å²) in [5, 5.41) is 20.6. The molecule has 1 aromatic carbocycles. The Morgan fingerprint density at radius 1 is 1.24 bits per heavy atom. The highest BCUT2D eigenvalue weighted by molar-refractivity contribution is 5.76. The molecule has 0 aromatic heterocycles. The summed E-state index contributed by atoms with van der Waals surface area (Å²) in [6, 6.07) is 9.44. The molecular weight excluding hydrogens is 218 g/mol. The van der Waals surface area contributed by atoms with Gasteiger partial charge in [-0.15, -0.1) is 0 Å². The monoisotopic (exact) mass is 237 g/mol. The van der Waals surface area contributed by atoms with Crippen molar-refractivity contribution in [2.45, 2.75) is 25.3 Å². The van der Waals surface area contributed by atoms with Gasteiger partial charge < -0.3 is 15.5 Å². The van der Waals surface area contributed by atoms with Crippen LogP contribution in [0.25, 0.3) is 0 Å². The molecule has 1 amide bonds. The van der Waals surface area contributed by atoms with Crippen molar-refractivity contribution >= 4 is 5.91 Å². The van der Waals surface area contributed by atoms with Crippen LogP contribution in [0.2, 0.25) is 0 Å². The summed E-state index contributed by atoms with van der Waals surface area (Å²) >= 11 is 0. The first-order chi connectivity index (χ1) is 8.26. The minimum absolute atomic E-state index is 0.00982. The van der Waals surface area contributed by atoms with Crippen LogP contribution in [0.15, 0.2) is 30.3 Å². The van der Waals surface area contributed by atoms with Crippen LogP contribution in [0.3, 0.4) is 0 Å². The Balaban J connectivity index is 2.41. The summed E-state index contributed by atoms with van der Waals surface area (Å²) in [5.41, 5.74) is 1.08. The molecule has 0 spiro atoms. The SMILES string of the molecule is O=C(CCCO)N[C@H](CO)Cc1ccccc1. The second kappa shape index (κ2) is 7.81. The van der Waals surface area contributed by atoms with Crippen LogP contribution in [-0.4, -0.2) is 35.4 Å². The van der Waals surface area contributed by atoms with Gasteiger partial charge in [0.05, 0.1) is 12.6 Å². The van der Waals surface area contributed by atoms with Crippen LogP contribution in [-0.2, 0) is 11.2 Å². The Morgan fingerprint density at radius 2 is 1.94 bits per heavy atom. The third-order valence-corrected chi connectivity index (χ3v) is 2.47. The minimum atomic E-state index is -0.261. The molecule has 0 unspecified atom stereocenters. The molecule has 4 heteroatoms. The number of aliphatic hydroxyl groups is 2. The van der Waals surface area contributed by atoms with Crippen LogP contribution in [0.5, 0.6) is 0 Å². The van der Waals surface area contributed by atoms with E-state index >= 15 is 0 Å². The smallest absolute Gasteiger partial charge is 0.220 e. The predicted octanol–water partition coefficient (Wildman–Crippen LogP) is 0.479. The lowest BCUT2D eigenvalue weighted by Crippen LogP contribution is -2.39. The van der Waals surface area contributed by atoms with Gasteiger partial charge in [0, 0.05) is 13.0 Å². The molecule has 17 heavy (non-hydrogen) atoms. The highest BCUT2D eigenvalue weighted by Gasteiger charge is 2.11. The highest BCUT2D eigenvalue weighted by atomic mass is 16.3. The van der Waals surface area contributed by atoms with Gasteiger partial charge in [-0.3, -0.25) is 4.79 Å². The largest absolute Gasteiger partial charge is 0.396 e. The van der Waals surface area contributed by atoms with Gasteiger partial charge in [0.15, 0.2) is 0 Å². The summed E-state index contributed by atoms with van der Waals surface area (Å²) in [6.07, 6.45) is 1.36. The number of benzene rings is 1. The second-order valence-corrected chi connectivity index (χ2v) is 3.96. The van der Waals surface area contributed by atoms with Gasteiger partial charge in [-0.05, 0) is 18.4 Å². The molecule has 0 aliphatic heterocycles. The van der Waals surface area contributed by atoms with Gasteiger partial charge in [-0.1, -0.05) is 30.3 Å². The molecule has 0 aliphatic rings. The second-order valence-electron chi connectivity index (χ2n) is 3.96. The molecule has 1 aromatic rings. The number of hydrogen-bond donors (Lipinski definition) is 3. The third-order valence-electron chi connectivity index (χ3n) is 2.47. The van der Waals surface area contributed by atoms with Crippen molar-refractivity contribution < 1.29 is 15.0 Å². The van der Waals surface area contributed by atoms with E-state index in [0.29, 0.717) is 19.3 Å². The zero-order valence-corrected chi connectivity index (χ0v) is 9.80. The van der Waals surface area contributed by atoms with E-state index in [1.807, 2.05) is 30.3 Å². The highest BCUT2D eigenvalue weighted by Crippen LogP contribution is 2.03. The van der Waals surface area contributed by atoms with Gasteiger partial charge in [-0.25, -0.2) is 0 Å². The summed E-state index contributed by atoms with van der Waals surface area (Å²) < 4.78 is 0. The molecule has 3 N–H and O–H groups in total. The Hall–Kier alpha value is -1.39. The molecule has 0 fully saturated rings. The maximum Gasteiger partial charge on any atom is 0.220 e. The molecule has 0 radical (unpaired) electrons. The van der Waals surface area contributed by atoms with Gasteiger partial charge >= 0.3 is 0 Å². The summed E-state index contributed by atoms with van der Waals surface area (Å²) in [4.78, 5) is 11.4. The topological polar surface area (TPSA) is 69.6 Å². The maximum absolute atomic E-state index is 11.4. The van der Waals surface area contributed by atoms with Crippen molar-refractivity contribution in [2.24, 2.45) is 0 Å². The Labute approximate surface area is 101 Å². The standard InChI is InChI=1S/C13H19NO3/c15-8-4-7-13(17)14-12(10-16)9-11-5-2-1-3-6-11/h1-3,5-6,12,15-16H,4,7-10H2,(H,14,17)/t12-/m0/s1. The van der Waals surface area contributed by atoms with E-state index in [2.05, 4.69) is 5.32 Å². The first-order valence-electron chi connectivity index (χ1n) is 5.81. The summed E-state index contributed by atoms with van der Waals surface area (Å²) in [7, 11) is 0. The fourth-order valence-corrected chi connectivity index (χ4v) is 1.60. The van der Waals surface area contributed by atoms with Crippen molar-refractivity contribution in [3.05, 3.63) is 35.9 Å². The van der Waals surface area contributed by atoms with Crippen molar-refractivity contribution in [1.82, 2.24) is 5.32 Å². The first kappa shape index (κ1) is 13.7. The maximum atomic E-state index is 11.4. The Kier molecular flexibility index (Phi) is 6.29. The van der Waals surface area contributed by atoms with Gasteiger partial charge in [0.25, 0.3) is 0 Å². The fraction of sp³-hybridized carbons (Fsp3) is 0.462. The lowest BCUT2D eigenvalue weighted by atomic mass is 10.1. The zero-order chi connectivity index (χ0) is 12.5. The molecule has 0 aliphatic carbocycles. The first-order valence-corrected chi connectivity index (χ1v) is 5.81. The number of hydrogen-bond acceptors (Lipinski definition) is 3. The van der Waals surface area contributed by atoms with Crippen LogP contribution in [0.1, 0.15) is 18.4 Å². The molecular formula is C13H19NO3. The average molecular weight is 237 g/mol. The average Bonchev–Trinajstić information content (AvgIpc) is 2.36. The molecule has 0 saturated heterocycles. The summed E-state index contributed by atoms with van der Waals surface area (Å²) in [5.74, 6) is -0.131. The molecule has 4 nitrogen and oxygen atoms in total. The molecule has 1 atom stereocenters. The predicted molar refractivity (Wildman–Crippen MR) is 65.5 cm³/mol. The number of nitrogens with one attached hydrogen (secondary N) is 1. The Morgan fingerprint density at radius 3 is 2.53 bits per heavy atom. The number of carbonyl (C=O) groups is 1. The number of amides is 1. The minimum Gasteiger partial charge on any atom is -0.396 e. The Bertz CT molecular complexity index is 327. The van der Waals surface area contributed by atoms with E-state index in [1.165, 1.54) is 0 Å². The number of aliphatic hydroxyl groups excluding tert-OH is 2. The van der Waals surface area contributed by atoms with Crippen LogP contribution in [0.4, 0.5) is 0 Å². The zero-order valence-electron chi connectivity index (χ0n) is 9.80. The van der Waals surface area contributed by atoms with E-state index in [-0.39, 0.29) is 25.2 Å². The lowest BCUT2D eigenvalue weighted by Gasteiger charge is -2.16. The van der Waals surface area contributed by atoms with E-state index in [1.54, 1.807) is 0 Å². The van der Waals surface area contributed by atoms with Gasteiger partial charge in [0.1, 0.15) is 0 Å². The van der Waals surface area contributed by atoms with Gasteiger partial charge in [-0.2, -0.15) is 0 Å². The van der Waals surface area contributed by atoms with Gasteiger partial charge in [0.2, 0.25) is 5.91 Å². The van der Waals surface area contributed by atoms with E-state index in [9.17, 15) is 9.90 Å². The van der Waals surface area contributed by atoms with E-state index in [0.717, 1.165) is 5.56 Å². The third kappa shape index (κ3) is 5.47. The van der Waals surface area contributed by atoms with E-state index in [4.69, 9.17) is 5.11 Å². The van der Waals surface area contributed by atoms with Crippen molar-refractivity contribution in [3.8, 4) is 0 Å². The van der Waals surface area contributed by atoms with Crippen LogP contribution < -0.4 is 5.32 Å². The van der Waals surface area contributed by atoms with Crippen molar-refractivity contribution in [3.63, 3.8) is 0 Å². The van der Waals surface area contributed by atoms with Crippen molar-refractivity contribution in [2.75, 3.05) is 13.2 Å². The lowest BCUT2D eigenvalue weighted by molar-refractivity contribution is -0.122. The molecule has 0 heterocycles. The van der Waals surface area contributed by atoms with Crippen LogP contribution in [0, 0.1) is 0 Å². The molecule has 0 saturated carbocycles. The number of rotatable bonds is 7. The van der Waals surface area contributed by atoms with Crippen molar-refractivity contribution in [1.29, 1.82) is 0 Å². The quantitative estimate of drug-likeness (QED) is 0.646. The summed E-state index contributed by atoms with van der Waals surface area (Å²) in [6.45, 7) is -0.0738. The molecule has 0 bridgehead atoms. The molecule has 1 rings (SSSR count). The van der Waals surface area contributed by atoms with E-state index < -0.39 is 0 Å². The molecule has 94 valence electrons.